The molecule has 5 aromatic carbocycles. The predicted octanol–water partition coefficient (Wildman–Crippen LogP) is 9.48. The molecule has 0 bridgehead atoms. The van der Waals surface area contributed by atoms with Crippen LogP contribution in [0.3, 0.4) is 0 Å². The second-order valence-electron chi connectivity index (χ2n) is 12.5. The molecule has 0 aliphatic carbocycles. The van der Waals surface area contributed by atoms with Gasteiger partial charge in [-0.2, -0.15) is 0 Å². The molecule has 1 aromatic heterocycles. The molecule has 5 nitrogen and oxygen atoms in total. The molecule has 0 saturated carbocycles. The summed E-state index contributed by atoms with van der Waals surface area (Å²) < 4.78 is 5.98. The van der Waals surface area contributed by atoms with E-state index in [-0.39, 0.29) is 5.54 Å². The van der Waals surface area contributed by atoms with Crippen molar-refractivity contribution in [2.45, 2.75) is 24.1 Å². The number of rotatable bonds is 13. The summed E-state index contributed by atoms with van der Waals surface area (Å²) in [5.74, 6) is 1.78. The lowest BCUT2D eigenvalue weighted by atomic mass is 9.75. The third-order valence-electron chi connectivity index (χ3n) is 9.29. The van der Waals surface area contributed by atoms with Crippen molar-refractivity contribution in [1.82, 2.24) is 9.88 Å². The van der Waals surface area contributed by atoms with E-state index in [0.29, 0.717) is 18.5 Å². The number of oxime groups is 1. The summed E-state index contributed by atoms with van der Waals surface area (Å²) in [6.07, 6.45) is 4.60. The van der Waals surface area contributed by atoms with Gasteiger partial charge in [0.25, 0.3) is 0 Å². The highest BCUT2D eigenvalue weighted by Crippen LogP contribution is 2.46. The van der Waals surface area contributed by atoms with Crippen molar-refractivity contribution in [3.8, 4) is 16.9 Å². The lowest BCUT2D eigenvalue weighted by Crippen LogP contribution is -2.47. The van der Waals surface area contributed by atoms with Crippen molar-refractivity contribution in [2.24, 2.45) is 5.16 Å². The first-order chi connectivity index (χ1) is 24.7. The summed E-state index contributed by atoms with van der Waals surface area (Å²) in [7, 11) is 0. The van der Waals surface area contributed by atoms with Gasteiger partial charge >= 0.3 is 0 Å². The van der Waals surface area contributed by atoms with Gasteiger partial charge in [-0.3, -0.25) is 9.88 Å². The van der Waals surface area contributed by atoms with Gasteiger partial charge in [0, 0.05) is 30.1 Å². The molecule has 0 amide bonds. The number of benzene rings is 5. The molecule has 250 valence electrons. The Morgan fingerprint density at radius 2 is 1.26 bits per heavy atom. The number of ether oxygens (including phenoxy) is 1. The Morgan fingerprint density at radius 1 is 0.700 bits per heavy atom. The van der Waals surface area contributed by atoms with Crippen LogP contribution in [0.15, 0.2) is 169 Å². The van der Waals surface area contributed by atoms with Gasteiger partial charge in [-0.15, -0.1) is 11.8 Å². The Balaban J connectivity index is 0.947. The number of thioether (sulfide) groups is 1. The van der Waals surface area contributed by atoms with Crippen molar-refractivity contribution in [3.05, 3.63) is 192 Å². The summed E-state index contributed by atoms with van der Waals surface area (Å²) in [4.78, 5) is 12.3. The normalized spacial score (nSPS) is 15.1. The molecule has 1 unspecified atom stereocenters. The highest BCUT2D eigenvalue weighted by Gasteiger charge is 2.45. The number of aromatic nitrogens is 1. The molecule has 0 radical (unpaired) electrons. The summed E-state index contributed by atoms with van der Waals surface area (Å²) in [6.45, 7) is 3.72. The third-order valence-corrected chi connectivity index (χ3v) is 10.5. The van der Waals surface area contributed by atoms with Crippen LogP contribution >= 0.6 is 11.8 Å². The van der Waals surface area contributed by atoms with Gasteiger partial charge in [-0.05, 0) is 76.6 Å². The minimum atomic E-state index is -0.376. The molecule has 2 heterocycles. The van der Waals surface area contributed by atoms with Crippen LogP contribution in [0.1, 0.15) is 34.7 Å². The minimum Gasteiger partial charge on any atom is -0.490 e. The van der Waals surface area contributed by atoms with E-state index >= 15 is 0 Å². The maximum Gasteiger partial charge on any atom is 0.151 e. The van der Waals surface area contributed by atoms with Gasteiger partial charge in [-0.25, -0.2) is 0 Å². The molecule has 1 aliphatic rings. The Bertz CT molecular complexity index is 1860. The van der Waals surface area contributed by atoms with E-state index in [1.807, 2.05) is 30.8 Å². The van der Waals surface area contributed by atoms with Gasteiger partial charge in [0.05, 0.1) is 11.3 Å². The fourth-order valence-corrected chi connectivity index (χ4v) is 8.10. The minimum absolute atomic E-state index is 0.370. The SMILES string of the molecule is CC(=NOCCOc1ccc(CC2CN(C(c3ccccc3)(c3ccccc3)c3ccccc3)CS2)cc1)c1ccc(-c2ccncc2)cc1. The highest BCUT2D eigenvalue weighted by molar-refractivity contribution is 8.00. The zero-order chi connectivity index (χ0) is 34.0. The zero-order valence-corrected chi connectivity index (χ0v) is 29.1. The van der Waals surface area contributed by atoms with Crippen molar-refractivity contribution in [1.29, 1.82) is 0 Å². The molecular weight excluding hydrogens is 635 g/mol. The van der Waals surface area contributed by atoms with Crippen LogP contribution in [0.25, 0.3) is 11.1 Å². The van der Waals surface area contributed by atoms with Crippen LogP contribution in [0.4, 0.5) is 0 Å². The Kier molecular flexibility index (Phi) is 10.7. The zero-order valence-electron chi connectivity index (χ0n) is 28.3. The monoisotopic (exact) mass is 675 g/mol. The largest absolute Gasteiger partial charge is 0.490 e. The highest BCUT2D eigenvalue weighted by atomic mass is 32.2. The molecular formula is C44H41N3O2S. The van der Waals surface area contributed by atoms with Gasteiger partial charge in [0.15, 0.2) is 6.61 Å². The second kappa shape index (κ2) is 16.0. The Labute approximate surface area is 299 Å². The molecule has 6 heteroatoms. The van der Waals surface area contributed by atoms with E-state index in [0.717, 1.165) is 47.0 Å². The van der Waals surface area contributed by atoms with Gasteiger partial charge in [0.1, 0.15) is 12.4 Å². The maximum absolute atomic E-state index is 5.98. The standard InChI is InChI=1S/C44H41N3O2S/c1-34(36-19-21-37(22-20-36)38-25-27-45-28-26-38)46-49-30-29-48-42-23-17-35(18-24-42)31-43-32-47(33-50-43)44(39-11-5-2-6-12-39,40-13-7-3-8-14-40)41-15-9-4-10-16-41/h2-28,43H,29-33H2,1H3. The lowest BCUT2D eigenvalue weighted by Gasteiger charge is -2.43. The van der Waals surface area contributed by atoms with Crippen LogP contribution in [-0.4, -0.2) is 46.5 Å². The van der Waals surface area contributed by atoms with Gasteiger partial charge in [-0.1, -0.05) is 133 Å². The third kappa shape index (κ3) is 7.52. The fourth-order valence-electron chi connectivity index (χ4n) is 6.81. The Morgan fingerprint density at radius 3 is 1.84 bits per heavy atom. The average molecular weight is 676 g/mol. The quantitative estimate of drug-likeness (QED) is 0.0528. The van der Waals surface area contributed by atoms with Crippen LogP contribution in [0, 0.1) is 0 Å². The number of hydrogen-bond acceptors (Lipinski definition) is 6. The summed E-state index contributed by atoms with van der Waals surface area (Å²) in [6, 6.07) is 53.7. The van der Waals surface area contributed by atoms with Crippen molar-refractivity contribution in [3.63, 3.8) is 0 Å². The number of hydrogen-bond donors (Lipinski definition) is 0. The molecule has 1 atom stereocenters. The van der Waals surface area contributed by atoms with E-state index in [4.69, 9.17) is 9.57 Å². The molecule has 1 aliphatic heterocycles. The van der Waals surface area contributed by atoms with E-state index in [9.17, 15) is 0 Å². The predicted molar refractivity (Wildman–Crippen MR) is 206 cm³/mol. The number of pyridine rings is 1. The number of nitrogens with zero attached hydrogens (tertiary/aromatic N) is 3. The lowest BCUT2D eigenvalue weighted by molar-refractivity contribution is 0.107. The molecule has 1 saturated heterocycles. The van der Waals surface area contributed by atoms with Gasteiger partial charge in [0.2, 0.25) is 0 Å². The summed E-state index contributed by atoms with van der Waals surface area (Å²) in [5.41, 5.74) is 8.94. The van der Waals surface area contributed by atoms with Crippen LogP contribution in [0.5, 0.6) is 5.75 Å². The first-order valence-corrected chi connectivity index (χ1v) is 18.2. The van der Waals surface area contributed by atoms with Crippen LogP contribution in [0.2, 0.25) is 0 Å². The smallest absolute Gasteiger partial charge is 0.151 e. The molecule has 1 fully saturated rings. The van der Waals surface area contributed by atoms with E-state index in [1.165, 1.54) is 22.3 Å². The van der Waals surface area contributed by atoms with E-state index in [2.05, 4.69) is 155 Å². The average Bonchev–Trinajstić information content (AvgIpc) is 3.65. The topological polar surface area (TPSA) is 47.0 Å². The van der Waals surface area contributed by atoms with Crippen LogP contribution < -0.4 is 4.74 Å². The summed E-state index contributed by atoms with van der Waals surface area (Å²) in [5, 5.41) is 4.77. The molecule has 0 N–H and O–H groups in total. The molecule has 6 aromatic rings. The molecule has 7 rings (SSSR count). The fraction of sp³-hybridized carbons (Fsp3) is 0.182. The Hall–Kier alpha value is -5.17. The summed E-state index contributed by atoms with van der Waals surface area (Å²) >= 11 is 2.04. The van der Waals surface area contributed by atoms with Gasteiger partial charge < -0.3 is 9.57 Å². The van der Waals surface area contributed by atoms with E-state index in [1.54, 1.807) is 12.4 Å². The first-order valence-electron chi connectivity index (χ1n) is 17.1. The molecule has 0 spiro atoms. The van der Waals surface area contributed by atoms with Crippen molar-refractivity contribution in [2.75, 3.05) is 25.6 Å². The molecule has 50 heavy (non-hydrogen) atoms. The van der Waals surface area contributed by atoms with Crippen molar-refractivity contribution >= 4 is 17.5 Å². The van der Waals surface area contributed by atoms with E-state index < -0.39 is 0 Å². The first kappa shape index (κ1) is 33.3. The van der Waals surface area contributed by atoms with Crippen molar-refractivity contribution < 1.29 is 9.57 Å². The second-order valence-corrected chi connectivity index (χ2v) is 13.7. The maximum atomic E-state index is 5.98. The van der Waals surface area contributed by atoms with Crippen LogP contribution in [-0.2, 0) is 16.8 Å².